The first kappa shape index (κ1) is 25.2. The minimum absolute atomic E-state index is 0.123. The third-order valence-electron chi connectivity index (χ3n) is 5.92. The van der Waals surface area contributed by atoms with Crippen LogP contribution in [0.2, 0.25) is 0 Å². The van der Waals surface area contributed by atoms with Gasteiger partial charge in [0.1, 0.15) is 5.75 Å². The maximum absolute atomic E-state index is 14.3. The van der Waals surface area contributed by atoms with Gasteiger partial charge in [-0.25, -0.2) is 9.18 Å². The summed E-state index contributed by atoms with van der Waals surface area (Å²) in [6.07, 6.45) is 0.655. The average molecular weight is 497 g/mol. The molecule has 0 fully saturated rings. The van der Waals surface area contributed by atoms with Crippen LogP contribution in [0.1, 0.15) is 37.8 Å². The molecule has 1 aromatic heterocycles. The molecule has 4 rings (SSSR count). The molecule has 2 amide bonds. The highest BCUT2D eigenvalue weighted by atomic mass is 19.1. The van der Waals surface area contributed by atoms with Crippen molar-refractivity contribution in [2.75, 3.05) is 34.0 Å². The van der Waals surface area contributed by atoms with E-state index in [1.165, 1.54) is 19.2 Å². The third-order valence-corrected chi connectivity index (χ3v) is 5.92. The molecule has 0 aliphatic carbocycles. The largest absolute Gasteiger partial charge is 0.494 e. The van der Waals surface area contributed by atoms with Crippen LogP contribution in [0, 0.1) is 5.82 Å². The van der Waals surface area contributed by atoms with Crippen molar-refractivity contribution in [3.63, 3.8) is 0 Å². The van der Waals surface area contributed by atoms with Crippen LogP contribution in [0.15, 0.2) is 52.7 Å². The highest BCUT2D eigenvalue weighted by Gasteiger charge is 2.35. The lowest BCUT2D eigenvalue weighted by Gasteiger charge is -2.35. The summed E-state index contributed by atoms with van der Waals surface area (Å²) in [5, 5.41) is 7.14. The quantitative estimate of drug-likeness (QED) is 0.402. The van der Waals surface area contributed by atoms with Gasteiger partial charge in [0.05, 0.1) is 25.3 Å². The molecule has 10 heteroatoms. The number of hydrogen-bond acceptors (Lipinski definition) is 7. The Bertz CT molecular complexity index is 1240. The Kier molecular flexibility index (Phi) is 7.84. The van der Waals surface area contributed by atoms with Crippen molar-refractivity contribution < 1.29 is 27.9 Å². The number of ether oxygens (including phenoxy) is 3. The first-order valence-corrected chi connectivity index (χ1v) is 11.6. The molecule has 0 saturated carbocycles. The average Bonchev–Trinajstić information content (AvgIpc) is 3.36. The summed E-state index contributed by atoms with van der Waals surface area (Å²) in [4.78, 5) is 19.2. The SMILES string of the molecule is CCOc1ccc(C2NC(=O)N(CCCOC)C(C)=C2c2nc(-c3ccc(OC)c(F)c3)no2)cc1. The highest BCUT2D eigenvalue weighted by molar-refractivity contribution is 5.86. The van der Waals surface area contributed by atoms with Crippen molar-refractivity contribution >= 4 is 11.6 Å². The molecule has 2 aromatic carbocycles. The van der Waals surface area contributed by atoms with E-state index >= 15 is 0 Å². The topological polar surface area (TPSA) is 99.0 Å². The third kappa shape index (κ3) is 5.18. The number of rotatable bonds is 10. The molecule has 0 spiro atoms. The van der Waals surface area contributed by atoms with E-state index in [4.69, 9.17) is 18.7 Å². The van der Waals surface area contributed by atoms with E-state index in [-0.39, 0.29) is 23.5 Å². The molecular formula is C26H29FN4O5. The number of nitrogens with one attached hydrogen (secondary N) is 1. The van der Waals surface area contributed by atoms with E-state index in [0.717, 1.165) is 11.3 Å². The smallest absolute Gasteiger partial charge is 0.322 e. The molecular weight excluding hydrogens is 467 g/mol. The Morgan fingerprint density at radius 1 is 1.17 bits per heavy atom. The van der Waals surface area contributed by atoms with Crippen LogP contribution in [0.25, 0.3) is 17.0 Å². The Hall–Kier alpha value is -3.92. The zero-order valence-electron chi connectivity index (χ0n) is 20.7. The fourth-order valence-electron chi connectivity index (χ4n) is 4.12. The fraction of sp³-hybridized carbons (Fsp3) is 0.346. The van der Waals surface area contributed by atoms with Gasteiger partial charge in [-0.2, -0.15) is 4.98 Å². The van der Waals surface area contributed by atoms with Crippen LogP contribution in [0.3, 0.4) is 0 Å². The molecule has 0 radical (unpaired) electrons. The summed E-state index contributed by atoms with van der Waals surface area (Å²) in [5.74, 6) is 0.777. The number of hydrogen-bond donors (Lipinski definition) is 1. The molecule has 1 N–H and O–H groups in total. The number of amides is 2. The first-order chi connectivity index (χ1) is 17.5. The number of halogens is 1. The second-order valence-corrected chi connectivity index (χ2v) is 8.15. The summed E-state index contributed by atoms with van der Waals surface area (Å²) >= 11 is 0. The number of nitrogens with zero attached hydrogens (tertiary/aromatic N) is 3. The lowest BCUT2D eigenvalue weighted by molar-refractivity contribution is 0.174. The number of benzene rings is 2. The van der Waals surface area contributed by atoms with E-state index in [2.05, 4.69) is 15.5 Å². The Morgan fingerprint density at radius 2 is 1.94 bits per heavy atom. The van der Waals surface area contributed by atoms with Crippen LogP contribution < -0.4 is 14.8 Å². The molecule has 1 unspecified atom stereocenters. The number of allylic oxidation sites excluding steroid dienone is 1. The van der Waals surface area contributed by atoms with Gasteiger partial charge < -0.3 is 24.1 Å². The molecule has 1 atom stereocenters. The van der Waals surface area contributed by atoms with E-state index in [1.54, 1.807) is 18.1 Å². The minimum Gasteiger partial charge on any atom is -0.494 e. The monoisotopic (exact) mass is 496 g/mol. The molecule has 0 bridgehead atoms. The molecule has 9 nitrogen and oxygen atoms in total. The molecule has 2 heterocycles. The van der Waals surface area contributed by atoms with E-state index < -0.39 is 11.9 Å². The van der Waals surface area contributed by atoms with Gasteiger partial charge in [0.15, 0.2) is 11.6 Å². The van der Waals surface area contributed by atoms with Crippen molar-refractivity contribution in [3.8, 4) is 22.9 Å². The lowest BCUT2D eigenvalue weighted by Crippen LogP contribution is -2.46. The van der Waals surface area contributed by atoms with Crippen molar-refractivity contribution in [2.24, 2.45) is 0 Å². The van der Waals surface area contributed by atoms with Crippen LogP contribution in [0.4, 0.5) is 9.18 Å². The maximum Gasteiger partial charge on any atom is 0.322 e. The molecule has 1 aliphatic rings. The lowest BCUT2D eigenvalue weighted by atomic mass is 9.94. The Labute approximate surface area is 208 Å². The number of aromatic nitrogens is 2. The van der Waals surface area contributed by atoms with Crippen LogP contribution in [-0.2, 0) is 4.74 Å². The van der Waals surface area contributed by atoms with E-state index in [1.807, 2.05) is 38.1 Å². The summed E-state index contributed by atoms with van der Waals surface area (Å²) in [5.41, 5.74) is 2.61. The zero-order valence-corrected chi connectivity index (χ0v) is 20.7. The van der Waals surface area contributed by atoms with Crippen LogP contribution >= 0.6 is 0 Å². The van der Waals surface area contributed by atoms with Crippen LogP contribution in [0.5, 0.6) is 11.5 Å². The molecule has 36 heavy (non-hydrogen) atoms. The number of carbonyl (C=O) groups is 1. The van der Waals surface area contributed by atoms with Crippen molar-refractivity contribution in [3.05, 3.63) is 65.4 Å². The fourth-order valence-corrected chi connectivity index (χ4v) is 4.12. The Morgan fingerprint density at radius 3 is 2.61 bits per heavy atom. The van der Waals surface area contributed by atoms with Crippen molar-refractivity contribution in [1.29, 1.82) is 0 Å². The normalized spacial score (nSPS) is 15.8. The minimum atomic E-state index is -0.534. The molecule has 190 valence electrons. The predicted molar refractivity (Wildman–Crippen MR) is 131 cm³/mol. The summed E-state index contributed by atoms with van der Waals surface area (Å²) in [6, 6.07) is 11.2. The zero-order chi connectivity index (χ0) is 25.7. The standard InChI is InChI=1S/C26H29FN4O5/c1-5-35-19-10-7-17(8-11-19)23-22(16(2)31(26(32)28-23)13-6-14-33-3)25-29-24(30-36-25)18-9-12-21(34-4)20(27)15-18/h7-12,15,23H,5-6,13-14H2,1-4H3,(H,28,32). The summed E-state index contributed by atoms with van der Waals surface area (Å²) in [7, 11) is 3.02. The van der Waals surface area contributed by atoms with Gasteiger partial charge >= 0.3 is 6.03 Å². The maximum atomic E-state index is 14.3. The van der Waals surface area contributed by atoms with Gasteiger partial charge in [-0.15, -0.1) is 0 Å². The summed E-state index contributed by atoms with van der Waals surface area (Å²) in [6.45, 7) is 5.29. The van der Waals surface area contributed by atoms with Gasteiger partial charge in [0, 0.05) is 31.5 Å². The first-order valence-electron chi connectivity index (χ1n) is 11.6. The highest BCUT2D eigenvalue weighted by Crippen LogP contribution is 2.38. The molecule has 0 saturated heterocycles. The van der Waals surface area contributed by atoms with Gasteiger partial charge in [0.25, 0.3) is 5.89 Å². The van der Waals surface area contributed by atoms with E-state index in [0.29, 0.717) is 43.0 Å². The van der Waals surface area contributed by atoms with Gasteiger partial charge in [-0.05, 0) is 56.2 Å². The number of urea groups is 1. The van der Waals surface area contributed by atoms with Gasteiger partial charge in [0.2, 0.25) is 5.82 Å². The number of methoxy groups -OCH3 is 2. The molecule has 1 aliphatic heterocycles. The van der Waals surface area contributed by atoms with Crippen molar-refractivity contribution in [2.45, 2.75) is 26.3 Å². The predicted octanol–water partition coefficient (Wildman–Crippen LogP) is 4.82. The second-order valence-electron chi connectivity index (χ2n) is 8.15. The Balaban J connectivity index is 1.74. The summed E-state index contributed by atoms with van der Waals surface area (Å²) < 4.78 is 35.6. The molecule has 3 aromatic rings. The van der Waals surface area contributed by atoms with Crippen molar-refractivity contribution in [1.82, 2.24) is 20.4 Å². The van der Waals surface area contributed by atoms with Crippen LogP contribution in [-0.4, -0.2) is 55.0 Å². The number of carbonyl (C=O) groups excluding carboxylic acids is 1. The van der Waals surface area contributed by atoms with Gasteiger partial charge in [-0.3, -0.25) is 4.90 Å². The van der Waals surface area contributed by atoms with Gasteiger partial charge in [-0.1, -0.05) is 17.3 Å². The van der Waals surface area contributed by atoms with E-state index in [9.17, 15) is 9.18 Å². The second kappa shape index (κ2) is 11.2.